The molecule has 1 aliphatic heterocycles. The first-order valence-electron chi connectivity index (χ1n) is 7.26. The van der Waals surface area contributed by atoms with Crippen LogP contribution in [0, 0.1) is 0 Å². The number of nitrogens with one attached hydrogen (secondary N) is 1. The molecule has 1 aliphatic rings. The van der Waals surface area contributed by atoms with Gasteiger partial charge in [-0.2, -0.15) is 0 Å². The zero-order valence-electron chi connectivity index (χ0n) is 12.7. The summed E-state index contributed by atoms with van der Waals surface area (Å²) in [4.78, 5) is 11.8. The number of aliphatic hydroxyl groups is 3. The van der Waals surface area contributed by atoms with E-state index in [1.165, 1.54) is 13.2 Å². The summed E-state index contributed by atoms with van der Waals surface area (Å²) in [6.45, 7) is -0.0250. The van der Waals surface area contributed by atoms with Gasteiger partial charge in [-0.25, -0.2) is 0 Å². The molecule has 7 heteroatoms. The lowest BCUT2D eigenvalue weighted by Gasteiger charge is -2.39. The third-order valence-electron chi connectivity index (χ3n) is 3.61. The number of aliphatic hydroxyl groups excluding tert-OH is 3. The maximum absolute atomic E-state index is 11.8. The number of rotatable bonds is 5. The molecule has 1 amide bonds. The predicted octanol–water partition coefficient (Wildman–Crippen LogP) is -0.730. The van der Waals surface area contributed by atoms with Crippen molar-refractivity contribution >= 4 is 12.0 Å². The summed E-state index contributed by atoms with van der Waals surface area (Å²) >= 11 is 0. The summed E-state index contributed by atoms with van der Waals surface area (Å²) in [6, 6.07) is 9.32. The molecule has 1 fully saturated rings. The fourth-order valence-electron chi connectivity index (χ4n) is 2.28. The second-order valence-corrected chi connectivity index (χ2v) is 5.24. The second kappa shape index (κ2) is 8.19. The Bertz CT molecular complexity index is 533. The van der Waals surface area contributed by atoms with Crippen molar-refractivity contribution in [2.24, 2.45) is 0 Å². The number of amides is 1. The lowest BCUT2D eigenvalue weighted by Crippen LogP contribution is -2.60. The third-order valence-corrected chi connectivity index (χ3v) is 3.61. The quantitative estimate of drug-likeness (QED) is 0.532. The van der Waals surface area contributed by atoms with Gasteiger partial charge in [0, 0.05) is 19.7 Å². The van der Waals surface area contributed by atoms with Crippen LogP contribution in [0.1, 0.15) is 5.56 Å². The molecule has 5 unspecified atom stereocenters. The van der Waals surface area contributed by atoms with Gasteiger partial charge in [0.05, 0.1) is 0 Å². The van der Waals surface area contributed by atoms with Crippen LogP contribution in [0.5, 0.6) is 0 Å². The molecule has 126 valence electrons. The van der Waals surface area contributed by atoms with Gasteiger partial charge in [0.2, 0.25) is 5.91 Å². The lowest BCUT2D eigenvalue weighted by molar-refractivity contribution is -0.288. The van der Waals surface area contributed by atoms with Crippen molar-refractivity contribution in [3.8, 4) is 0 Å². The van der Waals surface area contributed by atoms with Crippen molar-refractivity contribution in [3.05, 3.63) is 42.0 Å². The van der Waals surface area contributed by atoms with Crippen molar-refractivity contribution in [1.82, 2.24) is 5.32 Å². The Balaban J connectivity index is 1.87. The normalized spacial score (nSPS) is 31.2. The Morgan fingerprint density at radius 3 is 2.57 bits per heavy atom. The summed E-state index contributed by atoms with van der Waals surface area (Å²) in [6.07, 6.45) is -3.00. The summed E-state index contributed by atoms with van der Waals surface area (Å²) in [7, 11) is 1.32. The molecule has 0 saturated carbocycles. The zero-order valence-corrected chi connectivity index (χ0v) is 12.7. The maximum Gasteiger partial charge on any atom is 0.244 e. The molecule has 4 N–H and O–H groups in total. The van der Waals surface area contributed by atoms with Crippen molar-refractivity contribution < 1.29 is 29.6 Å². The number of carbonyl (C=O) groups excluding carboxylic acids is 1. The fraction of sp³-hybridized carbons (Fsp3) is 0.438. The summed E-state index contributed by atoms with van der Waals surface area (Å²) in [5.41, 5.74) is 0.884. The Morgan fingerprint density at radius 1 is 1.22 bits per heavy atom. The smallest absolute Gasteiger partial charge is 0.244 e. The highest BCUT2D eigenvalue weighted by atomic mass is 16.7. The average molecular weight is 323 g/mol. The molecule has 1 aromatic rings. The van der Waals surface area contributed by atoms with Crippen LogP contribution in [-0.4, -0.2) is 65.6 Å². The molecule has 0 bridgehead atoms. The summed E-state index contributed by atoms with van der Waals surface area (Å²) in [5, 5.41) is 31.9. The fourth-order valence-corrected chi connectivity index (χ4v) is 2.28. The van der Waals surface area contributed by atoms with Crippen molar-refractivity contribution in [1.29, 1.82) is 0 Å². The highest BCUT2D eigenvalue weighted by Gasteiger charge is 2.43. The molecular formula is C16H21NO6. The maximum atomic E-state index is 11.8. The van der Waals surface area contributed by atoms with Gasteiger partial charge < -0.3 is 30.1 Å². The summed E-state index contributed by atoms with van der Waals surface area (Å²) < 4.78 is 10.2. The first-order valence-corrected chi connectivity index (χ1v) is 7.26. The lowest BCUT2D eigenvalue weighted by atomic mass is 9.99. The molecular weight excluding hydrogens is 302 g/mol. The highest BCUT2D eigenvalue weighted by molar-refractivity contribution is 5.91. The molecule has 1 saturated heterocycles. The van der Waals surface area contributed by atoms with Gasteiger partial charge >= 0.3 is 0 Å². The topological polar surface area (TPSA) is 108 Å². The Kier molecular flexibility index (Phi) is 6.26. The Labute approximate surface area is 134 Å². The van der Waals surface area contributed by atoms with E-state index in [2.05, 4.69) is 5.32 Å². The minimum atomic E-state index is -1.41. The van der Waals surface area contributed by atoms with E-state index in [1.807, 2.05) is 30.3 Å². The van der Waals surface area contributed by atoms with Crippen LogP contribution in [0.25, 0.3) is 6.08 Å². The van der Waals surface area contributed by atoms with Crippen LogP contribution in [0.4, 0.5) is 0 Å². The average Bonchev–Trinajstić information content (AvgIpc) is 2.58. The number of benzene rings is 1. The van der Waals surface area contributed by atoms with Crippen LogP contribution in [0.15, 0.2) is 36.4 Å². The second-order valence-electron chi connectivity index (χ2n) is 5.24. The number of methoxy groups -OCH3 is 1. The third kappa shape index (κ3) is 4.60. The molecule has 7 nitrogen and oxygen atoms in total. The Hall–Kier alpha value is -1.77. The van der Waals surface area contributed by atoms with E-state index in [1.54, 1.807) is 6.08 Å². The number of ether oxygens (including phenoxy) is 2. The molecule has 23 heavy (non-hydrogen) atoms. The van der Waals surface area contributed by atoms with Crippen LogP contribution < -0.4 is 5.32 Å². The van der Waals surface area contributed by atoms with E-state index >= 15 is 0 Å². The molecule has 2 rings (SSSR count). The van der Waals surface area contributed by atoms with Crippen LogP contribution >= 0.6 is 0 Å². The SMILES string of the molecule is COC1OC(CNC(=O)/C=C/c2ccccc2)C(O)C(O)C1O. The molecule has 0 radical (unpaired) electrons. The number of hydrogen-bond acceptors (Lipinski definition) is 6. The van der Waals surface area contributed by atoms with Crippen molar-refractivity contribution in [2.75, 3.05) is 13.7 Å². The van der Waals surface area contributed by atoms with E-state index < -0.39 is 30.7 Å². The molecule has 5 atom stereocenters. The largest absolute Gasteiger partial charge is 0.388 e. The number of carbonyl (C=O) groups is 1. The zero-order chi connectivity index (χ0) is 16.8. The van der Waals surface area contributed by atoms with Gasteiger partial charge in [0.15, 0.2) is 6.29 Å². The standard InChI is InChI=1S/C16H21NO6/c1-22-16-15(21)14(20)13(19)11(23-16)9-17-12(18)8-7-10-5-3-2-4-6-10/h2-8,11,13-16,19-21H,9H2,1H3,(H,17,18)/b8-7+. The minimum Gasteiger partial charge on any atom is -0.388 e. The highest BCUT2D eigenvalue weighted by Crippen LogP contribution is 2.21. The van der Waals surface area contributed by atoms with Gasteiger partial charge in [0.1, 0.15) is 24.4 Å². The Morgan fingerprint density at radius 2 is 1.91 bits per heavy atom. The van der Waals surface area contributed by atoms with Gasteiger partial charge in [-0.15, -0.1) is 0 Å². The monoisotopic (exact) mass is 323 g/mol. The van der Waals surface area contributed by atoms with Crippen LogP contribution in [-0.2, 0) is 14.3 Å². The van der Waals surface area contributed by atoms with E-state index in [0.29, 0.717) is 0 Å². The van der Waals surface area contributed by atoms with Crippen LogP contribution in [0.3, 0.4) is 0 Å². The van der Waals surface area contributed by atoms with Gasteiger partial charge in [-0.05, 0) is 11.6 Å². The van der Waals surface area contributed by atoms with Gasteiger partial charge in [-0.1, -0.05) is 30.3 Å². The first-order chi connectivity index (χ1) is 11.0. The van der Waals surface area contributed by atoms with Gasteiger partial charge in [-0.3, -0.25) is 4.79 Å². The molecule has 0 aromatic heterocycles. The first kappa shape index (κ1) is 17.6. The van der Waals surface area contributed by atoms with E-state index in [-0.39, 0.29) is 12.5 Å². The van der Waals surface area contributed by atoms with Crippen molar-refractivity contribution in [3.63, 3.8) is 0 Å². The molecule has 1 heterocycles. The summed E-state index contributed by atoms with van der Waals surface area (Å²) in [5.74, 6) is -0.362. The van der Waals surface area contributed by atoms with E-state index in [9.17, 15) is 20.1 Å². The predicted molar refractivity (Wildman–Crippen MR) is 82.2 cm³/mol. The molecule has 0 aliphatic carbocycles. The number of hydrogen-bond donors (Lipinski definition) is 4. The molecule has 0 spiro atoms. The molecule has 1 aromatic carbocycles. The van der Waals surface area contributed by atoms with Crippen LogP contribution in [0.2, 0.25) is 0 Å². The van der Waals surface area contributed by atoms with E-state index in [4.69, 9.17) is 9.47 Å². The van der Waals surface area contributed by atoms with Gasteiger partial charge in [0.25, 0.3) is 0 Å². The minimum absolute atomic E-state index is 0.0250. The van der Waals surface area contributed by atoms with E-state index in [0.717, 1.165) is 5.56 Å². The van der Waals surface area contributed by atoms with Crippen molar-refractivity contribution in [2.45, 2.75) is 30.7 Å².